The highest BCUT2D eigenvalue weighted by atomic mass is 32.2. The number of rotatable bonds is 7. The fraction of sp³-hybridized carbons (Fsp3) is 0.333. The molecule has 7 heteroatoms. The van der Waals surface area contributed by atoms with E-state index in [0.717, 1.165) is 6.42 Å². The van der Waals surface area contributed by atoms with E-state index in [4.69, 9.17) is 0 Å². The third-order valence-electron chi connectivity index (χ3n) is 3.86. The monoisotopic (exact) mass is 364 g/mol. The van der Waals surface area contributed by atoms with E-state index < -0.39 is 10.0 Å². The number of anilines is 1. The van der Waals surface area contributed by atoms with Crippen LogP contribution in [0, 0.1) is 5.92 Å². The molecular formula is C18H21FN2O3S. The molecule has 0 atom stereocenters. The molecule has 1 fully saturated rings. The second-order valence-corrected chi connectivity index (χ2v) is 7.46. The minimum absolute atomic E-state index is 0.0549. The van der Waals surface area contributed by atoms with Gasteiger partial charge in [0.2, 0.25) is 0 Å². The summed E-state index contributed by atoms with van der Waals surface area (Å²) in [6.45, 7) is 0. The zero-order valence-corrected chi connectivity index (χ0v) is 14.8. The molecule has 2 aromatic rings. The molecule has 0 saturated heterocycles. The Morgan fingerprint density at radius 3 is 2.64 bits per heavy atom. The lowest BCUT2D eigenvalue weighted by molar-refractivity contribution is 0.0978. The third kappa shape index (κ3) is 5.63. The molecule has 1 aromatic carbocycles. The van der Waals surface area contributed by atoms with Crippen molar-refractivity contribution in [1.82, 2.24) is 4.98 Å². The third-order valence-corrected chi connectivity index (χ3v) is 5.22. The summed E-state index contributed by atoms with van der Waals surface area (Å²) in [4.78, 5) is 16.1. The van der Waals surface area contributed by atoms with Crippen LogP contribution in [-0.4, -0.2) is 26.4 Å². The highest BCUT2D eigenvalue weighted by Gasteiger charge is 2.22. The van der Waals surface area contributed by atoms with Gasteiger partial charge in [-0.25, -0.2) is 8.42 Å². The number of Topliss-reactive ketones (excluding diaryl/α,β-unsaturated/α-hetero) is 1. The molecule has 0 bridgehead atoms. The standard InChI is InChI=1S/C17H18N2O3S.CH3F/c20-17(9-8-13-6-7-13)14-3-1-4-15(11-14)19-23(21,22)16-5-2-10-18-12-16;1-2/h1-5,10-13,19H,6-9H2;1H3. The van der Waals surface area contributed by atoms with E-state index in [2.05, 4.69) is 9.71 Å². The van der Waals surface area contributed by atoms with Crippen molar-refractivity contribution in [2.75, 3.05) is 11.9 Å². The highest BCUT2D eigenvalue weighted by Crippen LogP contribution is 2.34. The van der Waals surface area contributed by atoms with Crippen molar-refractivity contribution >= 4 is 21.5 Å². The van der Waals surface area contributed by atoms with Gasteiger partial charge in [0.15, 0.2) is 5.78 Å². The Balaban J connectivity index is 0.00000109. The van der Waals surface area contributed by atoms with Crippen molar-refractivity contribution in [3.63, 3.8) is 0 Å². The Hall–Kier alpha value is -2.28. The van der Waals surface area contributed by atoms with Gasteiger partial charge >= 0.3 is 0 Å². The van der Waals surface area contributed by atoms with E-state index >= 15 is 0 Å². The predicted octanol–water partition coefficient (Wildman–Crippen LogP) is 3.84. The number of carbonyl (C=O) groups excluding carboxylic acids is 1. The Morgan fingerprint density at radius 1 is 1.24 bits per heavy atom. The van der Waals surface area contributed by atoms with Crippen LogP contribution >= 0.6 is 0 Å². The number of halogens is 1. The van der Waals surface area contributed by atoms with Crippen LogP contribution in [-0.2, 0) is 10.0 Å². The van der Waals surface area contributed by atoms with E-state index in [1.54, 1.807) is 30.3 Å². The first kappa shape index (κ1) is 19.1. The maximum Gasteiger partial charge on any atom is 0.263 e. The number of alkyl halides is 1. The Bertz CT molecular complexity index is 806. The zero-order chi connectivity index (χ0) is 18.3. The summed E-state index contributed by atoms with van der Waals surface area (Å²) in [6.07, 6.45) is 6.68. The summed E-state index contributed by atoms with van der Waals surface area (Å²) in [5.74, 6) is 0.755. The SMILES string of the molecule is CF.O=C(CCC1CC1)c1cccc(NS(=O)(=O)c2cccnc2)c1. The van der Waals surface area contributed by atoms with Gasteiger partial charge in [0.25, 0.3) is 10.0 Å². The van der Waals surface area contributed by atoms with Crippen LogP contribution in [0.2, 0.25) is 0 Å². The fourth-order valence-corrected chi connectivity index (χ4v) is 3.37. The van der Waals surface area contributed by atoms with Gasteiger partial charge in [-0.2, -0.15) is 0 Å². The van der Waals surface area contributed by atoms with Gasteiger partial charge in [0.05, 0.1) is 7.18 Å². The largest absolute Gasteiger partial charge is 0.294 e. The molecule has 0 radical (unpaired) electrons. The molecule has 1 aromatic heterocycles. The summed E-state index contributed by atoms with van der Waals surface area (Å²) in [6, 6.07) is 9.66. The number of ketones is 1. The molecule has 1 aliphatic rings. The van der Waals surface area contributed by atoms with Crippen molar-refractivity contribution in [1.29, 1.82) is 0 Å². The topological polar surface area (TPSA) is 76.1 Å². The number of hydrogen-bond acceptors (Lipinski definition) is 4. The number of carbonyl (C=O) groups is 1. The van der Waals surface area contributed by atoms with Gasteiger partial charge in [-0.1, -0.05) is 25.0 Å². The Labute approximate surface area is 147 Å². The minimum Gasteiger partial charge on any atom is -0.294 e. The maximum absolute atomic E-state index is 12.3. The van der Waals surface area contributed by atoms with Gasteiger partial charge in [0.1, 0.15) is 4.90 Å². The molecule has 3 rings (SSSR count). The molecule has 0 unspecified atom stereocenters. The number of aromatic nitrogens is 1. The van der Waals surface area contributed by atoms with Crippen molar-refractivity contribution < 1.29 is 17.6 Å². The number of benzene rings is 1. The van der Waals surface area contributed by atoms with Crippen LogP contribution in [0.15, 0.2) is 53.7 Å². The first-order chi connectivity index (χ1) is 12.0. The van der Waals surface area contributed by atoms with Crippen molar-refractivity contribution in [3.05, 3.63) is 54.4 Å². The second-order valence-electron chi connectivity index (χ2n) is 5.78. The van der Waals surface area contributed by atoms with Crippen molar-refractivity contribution in [2.24, 2.45) is 5.92 Å². The van der Waals surface area contributed by atoms with Crippen LogP contribution in [0.3, 0.4) is 0 Å². The Kier molecular flexibility index (Phi) is 6.64. The number of nitrogens with zero attached hydrogens (tertiary/aromatic N) is 1. The maximum atomic E-state index is 12.3. The fourth-order valence-electron chi connectivity index (χ4n) is 2.36. The average Bonchev–Trinajstić information content (AvgIpc) is 3.46. The lowest BCUT2D eigenvalue weighted by atomic mass is 10.0. The molecule has 134 valence electrons. The molecule has 0 aliphatic heterocycles. The normalized spacial score (nSPS) is 13.5. The van der Waals surface area contributed by atoms with Crippen molar-refractivity contribution in [2.45, 2.75) is 30.6 Å². The number of sulfonamides is 1. The lowest BCUT2D eigenvalue weighted by Crippen LogP contribution is -2.13. The molecule has 0 amide bonds. The minimum atomic E-state index is -3.70. The molecule has 0 spiro atoms. The average molecular weight is 364 g/mol. The zero-order valence-electron chi connectivity index (χ0n) is 14.0. The molecule has 25 heavy (non-hydrogen) atoms. The van der Waals surface area contributed by atoms with E-state index in [-0.39, 0.29) is 10.7 Å². The van der Waals surface area contributed by atoms with Crippen LogP contribution in [0.5, 0.6) is 0 Å². The first-order valence-corrected chi connectivity index (χ1v) is 9.47. The van der Waals surface area contributed by atoms with E-state index in [1.807, 2.05) is 0 Å². The van der Waals surface area contributed by atoms with Crippen molar-refractivity contribution in [3.8, 4) is 0 Å². The summed E-state index contributed by atoms with van der Waals surface area (Å²) in [5.41, 5.74) is 0.920. The van der Waals surface area contributed by atoms with Gasteiger partial charge in [-0.3, -0.25) is 18.9 Å². The van der Waals surface area contributed by atoms with E-state index in [9.17, 15) is 17.6 Å². The molecule has 1 N–H and O–H groups in total. The predicted molar refractivity (Wildman–Crippen MR) is 94.8 cm³/mol. The molecule has 1 heterocycles. The van der Waals surface area contributed by atoms with Gasteiger partial charge in [-0.05, 0) is 36.6 Å². The lowest BCUT2D eigenvalue weighted by Gasteiger charge is -2.09. The summed E-state index contributed by atoms with van der Waals surface area (Å²) in [5, 5.41) is 0. The molecular weight excluding hydrogens is 343 g/mol. The molecule has 1 aliphatic carbocycles. The number of pyridine rings is 1. The van der Waals surface area contributed by atoms with Crippen LogP contribution in [0.25, 0.3) is 0 Å². The van der Waals surface area contributed by atoms with E-state index in [0.29, 0.717) is 30.8 Å². The highest BCUT2D eigenvalue weighted by molar-refractivity contribution is 7.92. The summed E-state index contributed by atoms with van der Waals surface area (Å²) >= 11 is 0. The van der Waals surface area contributed by atoms with E-state index in [1.165, 1.54) is 31.3 Å². The second kappa shape index (κ2) is 8.71. The van der Waals surface area contributed by atoms with Gasteiger partial charge in [0, 0.05) is 30.1 Å². The molecule has 1 saturated carbocycles. The van der Waals surface area contributed by atoms with Gasteiger partial charge < -0.3 is 0 Å². The summed E-state index contributed by atoms with van der Waals surface area (Å²) < 4.78 is 36.5. The van der Waals surface area contributed by atoms with Gasteiger partial charge in [-0.15, -0.1) is 0 Å². The quantitative estimate of drug-likeness (QED) is 0.757. The summed E-state index contributed by atoms with van der Waals surface area (Å²) in [7, 11) is -3.20. The van der Waals surface area contributed by atoms with Crippen LogP contribution < -0.4 is 4.72 Å². The smallest absolute Gasteiger partial charge is 0.263 e. The van der Waals surface area contributed by atoms with Crippen LogP contribution in [0.4, 0.5) is 10.1 Å². The first-order valence-electron chi connectivity index (χ1n) is 7.98. The number of hydrogen-bond donors (Lipinski definition) is 1. The number of nitrogens with one attached hydrogen (secondary N) is 1. The Morgan fingerprint density at radius 2 is 2.00 bits per heavy atom. The molecule has 5 nitrogen and oxygen atoms in total. The van der Waals surface area contributed by atoms with Crippen LogP contribution in [0.1, 0.15) is 36.0 Å².